The number of benzene rings is 1. The average Bonchev–Trinajstić information content (AvgIpc) is 2.51. The van der Waals surface area contributed by atoms with E-state index in [1.54, 1.807) is 0 Å². The molecule has 1 aliphatic rings. The van der Waals surface area contributed by atoms with Crippen LogP contribution in [0.4, 0.5) is 0 Å². The second-order valence-corrected chi connectivity index (χ2v) is 3.38. The van der Waals surface area contributed by atoms with Gasteiger partial charge in [-0.25, -0.2) is 0 Å². The molecular formula is C12H19N. The molecule has 0 aliphatic carbocycles. The molecule has 0 unspecified atom stereocenters. The summed E-state index contributed by atoms with van der Waals surface area (Å²) in [5.74, 6) is 0. The van der Waals surface area contributed by atoms with Crippen molar-refractivity contribution in [3.63, 3.8) is 0 Å². The molecule has 0 N–H and O–H groups in total. The van der Waals surface area contributed by atoms with Crippen molar-refractivity contribution in [2.75, 3.05) is 7.05 Å². The van der Waals surface area contributed by atoms with Gasteiger partial charge in [-0.15, -0.1) is 0 Å². The Labute approximate surface area is 81.4 Å². The highest BCUT2D eigenvalue weighted by atomic mass is 15.1. The fourth-order valence-electron chi connectivity index (χ4n) is 1.75. The van der Waals surface area contributed by atoms with Gasteiger partial charge in [0, 0.05) is 13.1 Å². The van der Waals surface area contributed by atoms with Crippen molar-refractivity contribution in [3.8, 4) is 0 Å². The van der Waals surface area contributed by atoms with Gasteiger partial charge in [-0.3, -0.25) is 4.90 Å². The van der Waals surface area contributed by atoms with E-state index >= 15 is 0 Å². The summed E-state index contributed by atoms with van der Waals surface area (Å²) in [7, 11) is 2.17. The summed E-state index contributed by atoms with van der Waals surface area (Å²) >= 11 is 0. The molecule has 1 aromatic rings. The summed E-state index contributed by atoms with van der Waals surface area (Å²) in [5.41, 5.74) is 4.48. The van der Waals surface area contributed by atoms with Gasteiger partial charge in [-0.2, -0.15) is 0 Å². The van der Waals surface area contributed by atoms with Gasteiger partial charge in [0.05, 0.1) is 0 Å². The summed E-state index contributed by atoms with van der Waals surface area (Å²) in [6, 6.07) is 6.57. The summed E-state index contributed by atoms with van der Waals surface area (Å²) in [5, 5.41) is 0. The standard InChI is InChI=1S/C10H13N.C2H6/c1-8-4-3-5-9-6-11(2)7-10(8)9;1-2/h3-5H,6-7H2,1-2H3;1-2H3. The molecule has 13 heavy (non-hydrogen) atoms. The topological polar surface area (TPSA) is 3.24 Å². The SMILES string of the molecule is CC.Cc1cccc2c1CN(C)C2. The minimum absolute atomic E-state index is 1.12. The first-order valence-electron chi connectivity index (χ1n) is 5.03. The van der Waals surface area contributed by atoms with E-state index in [4.69, 9.17) is 0 Å². The second kappa shape index (κ2) is 4.43. The molecule has 0 spiro atoms. The van der Waals surface area contributed by atoms with Gasteiger partial charge in [-0.05, 0) is 30.7 Å². The molecule has 72 valence electrons. The zero-order valence-electron chi connectivity index (χ0n) is 9.09. The maximum Gasteiger partial charge on any atom is 0.0240 e. The first-order valence-corrected chi connectivity index (χ1v) is 5.03. The summed E-state index contributed by atoms with van der Waals surface area (Å²) in [6.07, 6.45) is 0. The van der Waals surface area contributed by atoms with Gasteiger partial charge >= 0.3 is 0 Å². The van der Waals surface area contributed by atoms with Crippen LogP contribution in [0.5, 0.6) is 0 Å². The van der Waals surface area contributed by atoms with Gasteiger partial charge in [0.25, 0.3) is 0 Å². The van der Waals surface area contributed by atoms with E-state index in [1.807, 2.05) is 13.8 Å². The number of hydrogen-bond acceptors (Lipinski definition) is 1. The van der Waals surface area contributed by atoms with Crippen LogP contribution in [0.15, 0.2) is 18.2 Å². The highest BCUT2D eigenvalue weighted by Crippen LogP contribution is 2.23. The van der Waals surface area contributed by atoms with E-state index < -0.39 is 0 Å². The Bertz CT molecular complexity index is 278. The highest BCUT2D eigenvalue weighted by Gasteiger charge is 2.15. The number of hydrogen-bond donors (Lipinski definition) is 0. The molecule has 0 bridgehead atoms. The Hall–Kier alpha value is -0.820. The molecule has 0 radical (unpaired) electrons. The molecule has 1 aliphatic heterocycles. The smallest absolute Gasteiger partial charge is 0.0240 e. The normalized spacial score (nSPS) is 14.8. The molecule has 0 saturated carbocycles. The van der Waals surface area contributed by atoms with Crippen LogP contribution in [0.25, 0.3) is 0 Å². The molecule has 1 heterocycles. The third-order valence-corrected chi connectivity index (χ3v) is 2.38. The summed E-state index contributed by atoms with van der Waals surface area (Å²) in [6.45, 7) is 8.44. The Kier molecular flexibility index (Phi) is 3.49. The van der Waals surface area contributed by atoms with Gasteiger partial charge in [0.2, 0.25) is 0 Å². The van der Waals surface area contributed by atoms with E-state index in [0.717, 1.165) is 13.1 Å². The number of aryl methyl sites for hydroxylation is 1. The first-order chi connectivity index (χ1) is 6.27. The van der Waals surface area contributed by atoms with Crippen LogP contribution in [-0.2, 0) is 13.1 Å². The maximum absolute atomic E-state index is 2.34. The van der Waals surface area contributed by atoms with E-state index in [1.165, 1.54) is 16.7 Å². The van der Waals surface area contributed by atoms with Crippen LogP contribution in [0.3, 0.4) is 0 Å². The molecule has 1 aromatic carbocycles. The maximum atomic E-state index is 2.34. The monoisotopic (exact) mass is 177 g/mol. The number of fused-ring (bicyclic) bond motifs is 1. The Morgan fingerprint density at radius 3 is 2.46 bits per heavy atom. The quantitative estimate of drug-likeness (QED) is 0.589. The van der Waals surface area contributed by atoms with Crippen LogP contribution in [0.1, 0.15) is 30.5 Å². The molecule has 0 atom stereocenters. The third-order valence-electron chi connectivity index (χ3n) is 2.38. The van der Waals surface area contributed by atoms with Gasteiger partial charge in [-0.1, -0.05) is 32.0 Å². The minimum atomic E-state index is 1.12. The Balaban J connectivity index is 0.000000396. The first kappa shape index (κ1) is 10.3. The van der Waals surface area contributed by atoms with Crippen molar-refractivity contribution in [1.82, 2.24) is 4.90 Å². The largest absolute Gasteiger partial charge is 0.298 e. The lowest BCUT2D eigenvalue weighted by molar-refractivity contribution is 0.353. The Morgan fingerprint density at radius 2 is 1.85 bits per heavy atom. The molecule has 2 rings (SSSR count). The zero-order chi connectivity index (χ0) is 9.84. The molecule has 0 saturated heterocycles. The fraction of sp³-hybridized carbons (Fsp3) is 0.500. The highest BCUT2D eigenvalue weighted by molar-refractivity contribution is 5.36. The molecule has 0 aromatic heterocycles. The van der Waals surface area contributed by atoms with Gasteiger partial charge in [0.15, 0.2) is 0 Å². The van der Waals surface area contributed by atoms with Gasteiger partial charge in [0.1, 0.15) is 0 Å². The average molecular weight is 177 g/mol. The van der Waals surface area contributed by atoms with Crippen molar-refractivity contribution in [3.05, 3.63) is 34.9 Å². The van der Waals surface area contributed by atoms with Crippen LogP contribution < -0.4 is 0 Å². The summed E-state index contributed by atoms with van der Waals surface area (Å²) < 4.78 is 0. The Morgan fingerprint density at radius 1 is 1.15 bits per heavy atom. The molecule has 1 nitrogen and oxygen atoms in total. The van der Waals surface area contributed by atoms with Crippen LogP contribution in [0, 0.1) is 6.92 Å². The van der Waals surface area contributed by atoms with Crippen LogP contribution in [-0.4, -0.2) is 11.9 Å². The van der Waals surface area contributed by atoms with Crippen LogP contribution >= 0.6 is 0 Å². The van der Waals surface area contributed by atoms with E-state index in [2.05, 4.69) is 37.1 Å². The van der Waals surface area contributed by atoms with Crippen molar-refractivity contribution < 1.29 is 0 Å². The molecular weight excluding hydrogens is 158 g/mol. The summed E-state index contributed by atoms with van der Waals surface area (Å²) in [4.78, 5) is 2.34. The van der Waals surface area contributed by atoms with Crippen molar-refractivity contribution in [1.29, 1.82) is 0 Å². The predicted octanol–water partition coefficient (Wildman–Crippen LogP) is 2.97. The number of nitrogens with zero attached hydrogens (tertiary/aromatic N) is 1. The molecule has 0 fully saturated rings. The molecule has 1 heteroatoms. The lowest BCUT2D eigenvalue weighted by atomic mass is 10.1. The predicted molar refractivity (Wildman–Crippen MR) is 57.7 cm³/mol. The van der Waals surface area contributed by atoms with Crippen molar-refractivity contribution in [2.24, 2.45) is 0 Å². The fourth-order valence-corrected chi connectivity index (χ4v) is 1.75. The second-order valence-electron chi connectivity index (χ2n) is 3.38. The van der Waals surface area contributed by atoms with Crippen molar-refractivity contribution >= 4 is 0 Å². The number of rotatable bonds is 0. The van der Waals surface area contributed by atoms with E-state index in [0.29, 0.717) is 0 Å². The van der Waals surface area contributed by atoms with Crippen molar-refractivity contribution in [2.45, 2.75) is 33.9 Å². The van der Waals surface area contributed by atoms with Crippen LogP contribution in [0.2, 0.25) is 0 Å². The lowest BCUT2D eigenvalue weighted by Crippen LogP contribution is -2.07. The molecule has 0 amide bonds. The van der Waals surface area contributed by atoms with E-state index in [-0.39, 0.29) is 0 Å². The van der Waals surface area contributed by atoms with Gasteiger partial charge < -0.3 is 0 Å². The van der Waals surface area contributed by atoms with E-state index in [9.17, 15) is 0 Å². The lowest BCUT2D eigenvalue weighted by Gasteiger charge is -2.03. The third kappa shape index (κ3) is 2.10. The zero-order valence-corrected chi connectivity index (χ0v) is 9.09. The minimum Gasteiger partial charge on any atom is -0.298 e.